The molecule has 0 aliphatic carbocycles. The molecule has 0 spiro atoms. The van der Waals surface area contributed by atoms with Gasteiger partial charge in [-0.05, 0) is 11.2 Å². The van der Waals surface area contributed by atoms with Crippen LogP contribution in [0.3, 0.4) is 0 Å². The fourth-order valence-corrected chi connectivity index (χ4v) is 1.61. The maximum atomic E-state index is 11.8. The second-order valence-electron chi connectivity index (χ2n) is 4.33. The van der Waals surface area contributed by atoms with E-state index in [0.29, 0.717) is 5.82 Å². The van der Waals surface area contributed by atoms with Crippen molar-refractivity contribution < 1.29 is 19.4 Å². The zero-order valence-electron chi connectivity index (χ0n) is 11.4. The summed E-state index contributed by atoms with van der Waals surface area (Å²) < 4.78 is 1.42. The van der Waals surface area contributed by atoms with Gasteiger partial charge in [0, 0.05) is 31.1 Å². The summed E-state index contributed by atoms with van der Waals surface area (Å²) in [5.74, 6) is -0.842. The lowest BCUT2D eigenvalue weighted by Gasteiger charge is -2.11. The standard InChI is InChI=1S/C13H13N5O3/c1-17(9-12(20)21)11(19)8-18-6-3-10(7-16-18)13-14-4-2-5-15-13/h2-7H,8-9H2,1H3/p+1. The second kappa shape index (κ2) is 6.51. The highest BCUT2D eigenvalue weighted by molar-refractivity contribution is 5.80. The van der Waals surface area contributed by atoms with E-state index in [9.17, 15) is 9.59 Å². The van der Waals surface area contributed by atoms with Crippen LogP contribution in [0.4, 0.5) is 0 Å². The third-order valence-corrected chi connectivity index (χ3v) is 2.69. The maximum absolute atomic E-state index is 11.8. The van der Waals surface area contributed by atoms with E-state index in [4.69, 9.17) is 5.11 Å². The topological polar surface area (TPSA) is 100 Å². The Morgan fingerprint density at radius 1 is 1.33 bits per heavy atom. The van der Waals surface area contributed by atoms with Crippen molar-refractivity contribution in [2.75, 3.05) is 13.6 Å². The molecule has 0 saturated heterocycles. The number of carboxylic acids is 1. The van der Waals surface area contributed by atoms with Crippen LogP contribution in [0.15, 0.2) is 36.9 Å². The van der Waals surface area contributed by atoms with Crippen molar-refractivity contribution in [3.8, 4) is 11.4 Å². The van der Waals surface area contributed by atoms with Crippen molar-refractivity contribution in [3.05, 3.63) is 36.9 Å². The van der Waals surface area contributed by atoms with Crippen LogP contribution in [0.2, 0.25) is 0 Å². The van der Waals surface area contributed by atoms with E-state index in [2.05, 4.69) is 15.1 Å². The molecule has 1 amide bonds. The molecule has 2 aromatic rings. The first-order valence-corrected chi connectivity index (χ1v) is 6.15. The Morgan fingerprint density at radius 3 is 2.62 bits per heavy atom. The van der Waals surface area contributed by atoms with Gasteiger partial charge in [-0.15, -0.1) is 0 Å². The summed E-state index contributed by atoms with van der Waals surface area (Å²) in [6, 6.07) is 3.46. The monoisotopic (exact) mass is 288 g/mol. The quantitative estimate of drug-likeness (QED) is 0.735. The lowest BCUT2D eigenvalue weighted by atomic mass is 10.3. The van der Waals surface area contributed by atoms with E-state index in [0.717, 1.165) is 10.5 Å². The Balaban J connectivity index is 2.03. The summed E-state index contributed by atoms with van der Waals surface area (Å²) in [6.07, 6.45) is 6.44. The van der Waals surface area contributed by atoms with Gasteiger partial charge in [-0.3, -0.25) is 9.59 Å². The number of amides is 1. The lowest BCUT2D eigenvalue weighted by molar-refractivity contribution is -0.742. The maximum Gasteiger partial charge on any atom is 0.323 e. The summed E-state index contributed by atoms with van der Waals surface area (Å²) in [5.41, 5.74) is 0.734. The fourth-order valence-electron chi connectivity index (χ4n) is 1.61. The Morgan fingerprint density at radius 2 is 2.05 bits per heavy atom. The molecule has 2 aromatic heterocycles. The molecule has 108 valence electrons. The van der Waals surface area contributed by atoms with Crippen molar-refractivity contribution in [1.29, 1.82) is 0 Å². The van der Waals surface area contributed by atoms with E-state index in [1.54, 1.807) is 36.9 Å². The molecular formula is C13H14N5O3+. The first kappa shape index (κ1) is 14.5. The molecule has 0 bridgehead atoms. The molecule has 0 aliphatic rings. The Labute approximate surface area is 120 Å². The van der Waals surface area contributed by atoms with Crippen LogP contribution in [0.5, 0.6) is 0 Å². The van der Waals surface area contributed by atoms with Crippen LogP contribution in [-0.4, -0.2) is 50.5 Å². The average molecular weight is 288 g/mol. The summed E-state index contributed by atoms with van der Waals surface area (Å²) >= 11 is 0. The molecule has 0 aliphatic heterocycles. The molecule has 2 rings (SSSR count). The van der Waals surface area contributed by atoms with Crippen LogP contribution in [0.1, 0.15) is 0 Å². The summed E-state index contributed by atoms with van der Waals surface area (Å²) in [7, 11) is 1.43. The highest BCUT2D eigenvalue weighted by Crippen LogP contribution is 2.09. The number of rotatable bonds is 5. The highest BCUT2D eigenvalue weighted by Gasteiger charge is 2.18. The van der Waals surface area contributed by atoms with Crippen LogP contribution in [0, 0.1) is 0 Å². The van der Waals surface area contributed by atoms with E-state index in [1.807, 2.05) is 0 Å². The molecule has 21 heavy (non-hydrogen) atoms. The minimum atomic E-state index is -1.06. The first-order chi connectivity index (χ1) is 10.1. The van der Waals surface area contributed by atoms with Gasteiger partial charge in [0.15, 0.2) is 12.0 Å². The number of carbonyl (C=O) groups is 2. The van der Waals surface area contributed by atoms with E-state index in [1.165, 1.54) is 11.7 Å². The van der Waals surface area contributed by atoms with E-state index < -0.39 is 5.97 Å². The molecule has 2 heterocycles. The molecule has 1 N–H and O–H groups in total. The van der Waals surface area contributed by atoms with Crippen LogP contribution < -0.4 is 4.68 Å². The smallest absolute Gasteiger partial charge is 0.323 e. The summed E-state index contributed by atoms with van der Waals surface area (Å²) in [5, 5.41) is 12.7. The Hall–Kier alpha value is -2.90. The van der Waals surface area contributed by atoms with Crippen LogP contribution in [0.25, 0.3) is 11.4 Å². The number of carbonyl (C=O) groups excluding carboxylic acids is 1. The predicted molar refractivity (Wildman–Crippen MR) is 70.7 cm³/mol. The predicted octanol–water partition coefficient (Wildman–Crippen LogP) is -0.631. The average Bonchev–Trinajstić information content (AvgIpc) is 2.48. The molecule has 0 saturated carbocycles. The van der Waals surface area contributed by atoms with Crippen molar-refractivity contribution >= 4 is 11.9 Å². The minimum Gasteiger partial charge on any atom is -0.480 e. The Bertz CT molecular complexity index is 630. The van der Waals surface area contributed by atoms with Gasteiger partial charge in [0.2, 0.25) is 0 Å². The van der Waals surface area contributed by atoms with Crippen molar-refractivity contribution in [1.82, 2.24) is 20.0 Å². The van der Waals surface area contributed by atoms with Crippen molar-refractivity contribution in [2.45, 2.75) is 6.54 Å². The third kappa shape index (κ3) is 4.03. The molecule has 0 atom stereocenters. The van der Waals surface area contributed by atoms with Crippen molar-refractivity contribution in [2.24, 2.45) is 0 Å². The number of nitrogens with zero attached hydrogens (tertiary/aromatic N) is 5. The molecule has 0 radical (unpaired) electrons. The van der Waals surface area contributed by atoms with Crippen LogP contribution in [-0.2, 0) is 16.1 Å². The number of aromatic nitrogens is 4. The van der Waals surface area contributed by atoms with Gasteiger partial charge in [0.05, 0.1) is 0 Å². The fraction of sp³-hybridized carbons (Fsp3) is 0.231. The molecule has 8 heteroatoms. The molecular weight excluding hydrogens is 274 g/mol. The Kier molecular flexibility index (Phi) is 4.50. The zero-order valence-corrected chi connectivity index (χ0v) is 11.4. The van der Waals surface area contributed by atoms with Gasteiger partial charge in [-0.1, -0.05) is 4.68 Å². The summed E-state index contributed by atoms with van der Waals surface area (Å²) in [6.45, 7) is -0.366. The SMILES string of the molecule is CN(CC(=O)O)C(=O)C[n+]1ccc(-c2ncccn2)cn1. The van der Waals surface area contributed by atoms with E-state index >= 15 is 0 Å². The van der Waals surface area contributed by atoms with Crippen molar-refractivity contribution in [3.63, 3.8) is 0 Å². The molecule has 0 fully saturated rings. The number of likely N-dealkylation sites (N-methyl/N-ethyl adjacent to an activating group) is 1. The number of carboxylic acid groups (broad SMARTS) is 1. The van der Waals surface area contributed by atoms with Gasteiger partial charge in [-0.25, -0.2) is 9.97 Å². The molecule has 0 aromatic carbocycles. The van der Waals surface area contributed by atoms with Gasteiger partial charge in [0.25, 0.3) is 12.5 Å². The number of hydrogen-bond donors (Lipinski definition) is 1. The third-order valence-electron chi connectivity index (χ3n) is 2.69. The van der Waals surface area contributed by atoms with Gasteiger partial charge < -0.3 is 10.0 Å². The van der Waals surface area contributed by atoms with Gasteiger partial charge in [0.1, 0.15) is 12.7 Å². The number of hydrogen-bond acceptors (Lipinski definition) is 5. The van der Waals surface area contributed by atoms with E-state index in [-0.39, 0.29) is 19.0 Å². The van der Waals surface area contributed by atoms with Gasteiger partial charge >= 0.3 is 5.97 Å². The highest BCUT2D eigenvalue weighted by atomic mass is 16.4. The molecule has 8 nitrogen and oxygen atoms in total. The zero-order chi connectivity index (χ0) is 15.2. The normalized spacial score (nSPS) is 10.1. The van der Waals surface area contributed by atoms with Gasteiger partial charge in [-0.2, -0.15) is 0 Å². The van der Waals surface area contributed by atoms with Crippen LogP contribution >= 0.6 is 0 Å². The second-order valence-corrected chi connectivity index (χ2v) is 4.33. The lowest BCUT2D eigenvalue weighted by Crippen LogP contribution is -2.46. The molecule has 0 unspecified atom stereocenters. The first-order valence-electron chi connectivity index (χ1n) is 6.15. The summed E-state index contributed by atoms with van der Waals surface area (Å²) in [4.78, 5) is 31.6. The number of aliphatic carboxylic acids is 1. The largest absolute Gasteiger partial charge is 0.480 e. The minimum absolute atomic E-state index is 0.0281.